The summed E-state index contributed by atoms with van der Waals surface area (Å²) < 4.78 is 0. The lowest BCUT2D eigenvalue weighted by Gasteiger charge is -2.13. The number of nitrogens with one attached hydrogen (secondary N) is 2. The number of rotatable bonds is 10. The molecule has 0 unspecified atom stereocenters. The van der Waals surface area contributed by atoms with Crippen LogP contribution < -0.4 is 10.6 Å². The predicted octanol–water partition coefficient (Wildman–Crippen LogP) is 3.16. The minimum Gasteiger partial charge on any atom is -0.507 e. The zero-order chi connectivity index (χ0) is 19.6. The standard InChI is InChI=1S/C23H28N4O/c1-18-14-19(16-24-12-8-21-6-2-4-10-26-21)23(28)20(15-18)17-25-13-9-22-7-3-5-11-27-22/h2-7,10-11,14-15,24-25,28H,8-9,12-13,16-17H2,1H3. The topological polar surface area (TPSA) is 70.1 Å². The van der Waals surface area contributed by atoms with Crippen LogP contribution in [0.2, 0.25) is 0 Å². The summed E-state index contributed by atoms with van der Waals surface area (Å²) in [6.45, 7) is 4.99. The Hall–Kier alpha value is -2.76. The highest BCUT2D eigenvalue weighted by Crippen LogP contribution is 2.24. The second-order valence-electron chi connectivity index (χ2n) is 6.93. The Morgan fingerprint density at radius 2 is 1.29 bits per heavy atom. The molecule has 146 valence electrons. The van der Waals surface area contributed by atoms with Crippen molar-refractivity contribution >= 4 is 0 Å². The fourth-order valence-electron chi connectivity index (χ4n) is 3.17. The first-order valence-corrected chi connectivity index (χ1v) is 9.75. The van der Waals surface area contributed by atoms with Crippen molar-refractivity contribution in [2.75, 3.05) is 13.1 Å². The lowest BCUT2D eigenvalue weighted by molar-refractivity contribution is 0.454. The highest BCUT2D eigenvalue weighted by molar-refractivity contribution is 5.43. The van der Waals surface area contributed by atoms with E-state index in [0.717, 1.165) is 54.0 Å². The molecule has 28 heavy (non-hydrogen) atoms. The zero-order valence-corrected chi connectivity index (χ0v) is 16.4. The van der Waals surface area contributed by atoms with Crippen molar-refractivity contribution in [3.8, 4) is 5.75 Å². The molecule has 0 saturated carbocycles. The van der Waals surface area contributed by atoms with Crippen LogP contribution in [-0.2, 0) is 25.9 Å². The average molecular weight is 377 g/mol. The van der Waals surface area contributed by atoms with Crippen LogP contribution in [0, 0.1) is 6.92 Å². The van der Waals surface area contributed by atoms with Crippen LogP contribution in [-0.4, -0.2) is 28.2 Å². The van der Waals surface area contributed by atoms with Gasteiger partial charge >= 0.3 is 0 Å². The molecule has 5 heteroatoms. The molecule has 3 N–H and O–H groups in total. The summed E-state index contributed by atoms with van der Waals surface area (Å²) in [7, 11) is 0. The fourth-order valence-corrected chi connectivity index (χ4v) is 3.17. The first kappa shape index (κ1) is 20.0. The molecule has 0 saturated heterocycles. The second-order valence-corrected chi connectivity index (χ2v) is 6.93. The Labute approximate surface area is 166 Å². The van der Waals surface area contributed by atoms with Crippen LogP contribution in [0.3, 0.4) is 0 Å². The smallest absolute Gasteiger partial charge is 0.124 e. The maximum atomic E-state index is 10.6. The van der Waals surface area contributed by atoms with E-state index in [-0.39, 0.29) is 0 Å². The molecule has 0 amide bonds. The van der Waals surface area contributed by atoms with Gasteiger partial charge in [0.15, 0.2) is 0 Å². The zero-order valence-electron chi connectivity index (χ0n) is 16.4. The van der Waals surface area contributed by atoms with Crippen molar-refractivity contribution in [1.82, 2.24) is 20.6 Å². The quantitative estimate of drug-likeness (QED) is 0.474. The van der Waals surface area contributed by atoms with Gasteiger partial charge in [-0.1, -0.05) is 29.8 Å². The highest BCUT2D eigenvalue weighted by Gasteiger charge is 2.09. The fraction of sp³-hybridized carbons (Fsp3) is 0.304. The molecule has 0 fully saturated rings. The Morgan fingerprint density at radius 1 is 0.786 bits per heavy atom. The van der Waals surface area contributed by atoms with Gasteiger partial charge < -0.3 is 15.7 Å². The molecular weight excluding hydrogens is 348 g/mol. The van der Waals surface area contributed by atoms with Crippen LogP contribution in [0.5, 0.6) is 5.75 Å². The lowest BCUT2D eigenvalue weighted by atomic mass is 10.0. The Bertz CT molecular complexity index is 784. The summed E-state index contributed by atoms with van der Waals surface area (Å²) in [6, 6.07) is 16.0. The van der Waals surface area contributed by atoms with E-state index in [1.54, 1.807) is 0 Å². The molecule has 3 rings (SSSR count). The van der Waals surface area contributed by atoms with Gasteiger partial charge in [-0.05, 0) is 31.2 Å². The molecule has 0 radical (unpaired) electrons. The molecule has 0 aliphatic carbocycles. The van der Waals surface area contributed by atoms with Crippen molar-refractivity contribution in [1.29, 1.82) is 0 Å². The van der Waals surface area contributed by atoms with Crippen molar-refractivity contribution in [3.05, 3.63) is 89.0 Å². The molecule has 0 spiro atoms. The van der Waals surface area contributed by atoms with Gasteiger partial charge in [0.2, 0.25) is 0 Å². The third kappa shape index (κ3) is 6.15. The van der Waals surface area contributed by atoms with Gasteiger partial charge in [0.05, 0.1) is 0 Å². The number of hydrogen-bond donors (Lipinski definition) is 3. The molecule has 3 aromatic rings. The van der Waals surface area contributed by atoms with E-state index in [1.807, 2.05) is 60.9 Å². The van der Waals surface area contributed by atoms with Crippen molar-refractivity contribution in [3.63, 3.8) is 0 Å². The number of phenols is 1. The highest BCUT2D eigenvalue weighted by atomic mass is 16.3. The summed E-state index contributed by atoms with van der Waals surface area (Å²) in [5, 5.41) is 17.5. The van der Waals surface area contributed by atoms with E-state index in [4.69, 9.17) is 0 Å². The third-order valence-corrected chi connectivity index (χ3v) is 4.61. The van der Waals surface area contributed by atoms with Crippen molar-refractivity contribution in [2.24, 2.45) is 0 Å². The SMILES string of the molecule is Cc1cc(CNCCc2ccccn2)c(O)c(CNCCc2ccccn2)c1. The van der Waals surface area contributed by atoms with Gasteiger partial charge in [-0.2, -0.15) is 0 Å². The number of aromatic hydroxyl groups is 1. The predicted molar refractivity (Wildman–Crippen MR) is 112 cm³/mol. The number of nitrogens with zero attached hydrogens (tertiary/aromatic N) is 2. The molecule has 2 aromatic heterocycles. The minimum absolute atomic E-state index is 0.376. The Kier molecular flexibility index (Phi) is 7.53. The number of hydrogen-bond acceptors (Lipinski definition) is 5. The molecule has 5 nitrogen and oxygen atoms in total. The number of aromatic nitrogens is 2. The first-order chi connectivity index (χ1) is 13.7. The van der Waals surface area contributed by atoms with Gasteiger partial charge in [0.25, 0.3) is 0 Å². The van der Waals surface area contributed by atoms with Crippen molar-refractivity contribution in [2.45, 2.75) is 32.9 Å². The molecule has 2 heterocycles. The Balaban J connectivity index is 1.48. The maximum absolute atomic E-state index is 10.6. The van der Waals surface area contributed by atoms with E-state index in [2.05, 4.69) is 27.5 Å². The molecule has 0 bridgehead atoms. The number of phenolic OH excluding ortho intramolecular Hbond substituents is 1. The monoisotopic (exact) mass is 376 g/mol. The first-order valence-electron chi connectivity index (χ1n) is 9.75. The summed E-state index contributed by atoms with van der Waals surface area (Å²) in [5.41, 5.74) is 5.16. The Morgan fingerprint density at radius 3 is 1.71 bits per heavy atom. The summed E-state index contributed by atoms with van der Waals surface area (Å²) in [5.74, 6) is 0.376. The number of aryl methyl sites for hydroxylation is 1. The van der Waals surface area contributed by atoms with Gasteiger partial charge in [-0.25, -0.2) is 0 Å². The van der Waals surface area contributed by atoms with Crippen LogP contribution in [0.25, 0.3) is 0 Å². The molecule has 0 aliphatic rings. The van der Waals surface area contributed by atoms with Gasteiger partial charge in [0.1, 0.15) is 5.75 Å². The van der Waals surface area contributed by atoms with E-state index in [0.29, 0.717) is 18.8 Å². The van der Waals surface area contributed by atoms with Crippen LogP contribution in [0.4, 0.5) is 0 Å². The average Bonchev–Trinajstić information content (AvgIpc) is 2.73. The molecular formula is C23H28N4O. The van der Waals surface area contributed by atoms with Gasteiger partial charge in [-0.3, -0.25) is 9.97 Å². The molecule has 0 atom stereocenters. The van der Waals surface area contributed by atoms with Gasteiger partial charge in [-0.15, -0.1) is 0 Å². The van der Waals surface area contributed by atoms with E-state index in [1.165, 1.54) is 0 Å². The van der Waals surface area contributed by atoms with E-state index < -0.39 is 0 Å². The largest absolute Gasteiger partial charge is 0.507 e. The van der Waals surface area contributed by atoms with Gasteiger partial charge in [0, 0.05) is 73.9 Å². The number of pyridine rings is 2. The number of benzene rings is 1. The normalized spacial score (nSPS) is 10.9. The summed E-state index contributed by atoms with van der Waals surface area (Å²) >= 11 is 0. The van der Waals surface area contributed by atoms with Crippen LogP contribution in [0.15, 0.2) is 60.9 Å². The minimum atomic E-state index is 0.376. The molecule has 1 aromatic carbocycles. The van der Waals surface area contributed by atoms with E-state index >= 15 is 0 Å². The van der Waals surface area contributed by atoms with Crippen LogP contribution >= 0.6 is 0 Å². The third-order valence-electron chi connectivity index (χ3n) is 4.61. The lowest BCUT2D eigenvalue weighted by Crippen LogP contribution is -2.19. The second kappa shape index (κ2) is 10.5. The summed E-state index contributed by atoms with van der Waals surface area (Å²) in [6.07, 6.45) is 5.37. The molecule has 0 aliphatic heterocycles. The maximum Gasteiger partial charge on any atom is 0.124 e. The van der Waals surface area contributed by atoms with E-state index in [9.17, 15) is 5.11 Å². The summed E-state index contributed by atoms with van der Waals surface area (Å²) in [4.78, 5) is 8.66. The van der Waals surface area contributed by atoms with Crippen molar-refractivity contribution < 1.29 is 5.11 Å². The van der Waals surface area contributed by atoms with Crippen LogP contribution in [0.1, 0.15) is 28.1 Å².